The molecule has 0 spiro atoms. The molecule has 2 aliphatic rings. The third-order valence-corrected chi connectivity index (χ3v) is 7.49. The van der Waals surface area contributed by atoms with Crippen molar-refractivity contribution in [3.8, 4) is 5.88 Å². The molecule has 0 bridgehead atoms. The molecule has 0 N–H and O–H groups in total. The van der Waals surface area contributed by atoms with Crippen LogP contribution in [0.3, 0.4) is 0 Å². The van der Waals surface area contributed by atoms with Crippen LogP contribution in [0.25, 0.3) is 11.0 Å². The molecule has 0 radical (unpaired) electrons. The van der Waals surface area contributed by atoms with Crippen LogP contribution in [0.5, 0.6) is 5.88 Å². The van der Waals surface area contributed by atoms with E-state index in [1.54, 1.807) is 0 Å². The van der Waals surface area contributed by atoms with Crippen LogP contribution in [-0.4, -0.2) is 71.4 Å². The van der Waals surface area contributed by atoms with E-state index in [-0.39, 0.29) is 5.54 Å². The third-order valence-electron chi connectivity index (χ3n) is 7.49. The number of piperazine rings is 1. The van der Waals surface area contributed by atoms with E-state index >= 15 is 0 Å². The number of hydrogen-bond donors (Lipinski definition) is 0. The molecule has 0 saturated carbocycles. The van der Waals surface area contributed by atoms with E-state index < -0.39 is 0 Å². The highest BCUT2D eigenvalue weighted by molar-refractivity contribution is 5.88. The van der Waals surface area contributed by atoms with Crippen molar-refractivity contribution in [3.63, 3.8) is 0 Å². The summed E-state index contributed by atoms with van der Waals surface area (Å²) in [6.07, 6.45) is 4.32. The molecule has 182 valence electrons. The van der Waals surface area contributed by atoms with Gasteiger partial charge in [-0.3, -0.25) is 9.80 Å². The molecule has 7 nitrogen and oxygen atoms in total. The van der Waals surface area contributed by atoms with Gasteiger partial charge >= 0.3 is 0 Å². The van der Waals surface area contributed by atoms with E-state index in [9.17, 15) is 0 Å². The van der Waals surface area contributed by atoms with E-state index in [0.29, 0.717) is 12.0 Å². The Balaban J connectivity index is 1.11. The van der Waals surface area contributed by atoms with Gasteiger partial charge in [0.25, 0.3) is 0 Å². The Labute approximate surface area is 202 Å². The summed E-state index contributed by atoms with van der Waals surface area (Å²) >= 11 is 0. The largest absolute Gasteiger partial charge is 0.477 e. The maximum absolute atomic E-state index is 6.10. The second-order valence-corrected chi connectivity index (χ2v) is 10.9. The minimum atomic E-state index is 0.141. The molecule has 2 saturated heterocycles. The maximum atomic E-state index is 6.10. The number of ether oxygens (including phenoxy) is 1. The van der Waals surface area contributed by atoms with Gasteiger partial charge in [-0.1, -0.05) is 23.4 Å². The molecule has 2 aromatic heterocycles. The first kappa shape index (κ1) is 23.1. The molecule has 7 heteroatoms. The number of hydrogen-bond acceptors (Lipinski definition) is 7. The zero-order valence-electron chi connectivity index (χ0n) is 20.9. The summed E-state index contributed by atoms with van der Waals surface area (Å²) in [7, 11) is 2.15. The summed E-state index contributed by atoms with van der Waals surface area (Å²) in [5, 5.41) is 5.48. The zero-order chi connectivity index (χ0) is 23.7. The number of pyridine rings is 1. The molecule has 0 aliphatic carbocycles. The quantitative estimate of drug-likeness (QED) is 0.536. The van der Waals surface area contributed by atoms with Gasteiger partial charge in [0.2, 0.25) is 5.88 Å². The second kappa shape index (κ2) is 9.55. The Morgan fingerprint density at radius 2 is 1.94 bits per heavy atom. The van der Waals surface area contributed by atoms with Gasteiger partial charge < -0.3 is 14.2 Å². The van der Waals surface area contributed by atoms with Crippen molar-refractivity contribution in [2.75, 3.05) is 44.7 Å². The zero-order valence-corrected chi connectivity index (χ0v) is 20.9. The van der Waals surface area contributed by atoms with Gasteiger partial charge in [-0.2, -0.15) is 0 Å². The summed E-state index contributed by atoms with van der Waals surface area (Å²) in [6, 6.07) is 12.8. The van der Waals surface area contributed by atoms with Crippen molar-refractivity contribution in [1.82, 2.24) is 19.9 Å². The van der Waals surface area contributed by atoms with Crippen LogP contribution in [0.1, 0.15) is 39.2 Å². The summed E-state index contributed by atoms with van der Waals surface area (Å²) in [5.74, 6) is 2.26. The van der Waals surface area contributed by atoms with Crippen molar-refractivity contribution in [2.45, 2.75) is 51.7 Å². The van der Waals surface area contributed by atoms with Crippen molar-refractivity contribution in [1.29, 1.82) is 0 Å². The van der Waals surface area contributed by atoms with Crippen LogP contribution >= 0.6 is 0 Å². The highest BCUT2D eigenvalue weighted by Crippen LogP contribution is 2.31. The normalized spacial score (nSPS) is 21.7. The smallest absolute Gasteiger partial charge is 0.213 e. The first-order valence-corrected chi connectivity index (χ1v) is 12.5. The topological polar surface area (TPSA) is 57.9 Å². The average Bonchev–Trinajstić information content (AvgIpc) is 3.27. The Bertz CT molecular complexity index is 1090. The molecule has 34 heavy (non-hydrogen) atoms. The van der Waals surface area contributed by atoms with Crippen molar-refractivity contribution in [3.05, 3.63) is 48.2 Å². The molecule has 2 aliphatic heterocycles. The fourth-order valence-corrected chi connectivity index (χ4v) is 4.99. The monoisotopic (exact) mass is 463 g/mol. The lowest BCUT2D eigenvalue weighted by Gasteiger charge is -2.46. The van der Waals surface area contributed by atoms with Gasteiger partial charge in [0.15, 0.2) is 11.4 Å². The van der Waals surface area contributed by atoms with E-state index in [2.05, 4.69) is 70.9 Å². The van der Waals surface area contributed by atoms with Gasteiger partial charge in [0.05, 0.1) is 12.0 Å². The third kappa shape index (κ3) is 5.05. The molecule has 3 aromatic rings. The van der Waals surface area contributed by atoms with Crippen LogP contribution in [0.4, 0.5) is 5.82 Å². The Morgan fingerprint density at radius 1 is 1.09 bits per heavy atom. The molecule has 1 aromatic carbocycles. The number of para-hydroxylation sites is 1. The first-order chi connectivity index (χ1) is 16.4. The molecular weight excluding hydrogens is 426 g/mol. The maximum Gasteiger partial charge on any atom is 0.213 e. The number of benzene rings is 1. The highest BCUT2D eigenvalue weighted by atomic mass is 16.5. The molecule has 2 atom stereocenters. The highest BCUT2D eigenvalue weighted by Gasteiger charge is 2.34. The number of fused-ring (bicyclic) bond motifs is 2. The fourth-order valence-electron chi connectivity index (χ4n) is 4.99. The van der Waals surface area contributed by atoms with E-state index in [1.807, 2.05) is 24.4 Å². The summed E-state index contributed by atoms with van der Waals surface area (Å²) in [5.41, 5.74) is 2.22. The number of piperidine rings is 1. The number of nitrogens with zero attached hydrogens (tertiary/aromatic N) is 5. The van der Waals surface area contributed by atoms with E-state index in [0.717, 1.165) is 62.0 Å². The second-order valence-electron chi connectivity index (χ2n) is 10.9. The lowest BCUT2D eigenvalue weighted by Crippen LogP contribution is -2.57. The van der Waals surface area contributed by atoms with E-state index in [4.69, 9.17) is 9.26 Å². The summed E-state index contributed by atoms with van der Waals surface area (Å²) < 4.78 is 11.6. The molecule has 5 rings (SSSR count). The van der Waals surface area contributed by atoms with Crippen LogP contribution in [0.15, 0.2) is 47.1 Å². The fraction of sp³-hybridized carbons (Fsp3) is 0.556. The number of rotatable bonds is 6. The van der Waals surface area contributed by atoms with Crippen LogP contribution < -0.4 is 9.64 Å². The predicted octanol–water partition coefficient (Wildman–Crippen LogP) is 4.43. The Kier molecular flexibility index (Phi) is 6.49. The predicted molar refractivity (Wildman–Crippen MR) is 135 cm³/mol. The molecular formula is C27H37N5O2. The summed E-state index contributed by atoms with van der Waals surface area (Å²) in [6.45, 7) is 12.4. The van der Waals surface area contributed by atoms with Crippen LogP contribution in [0.2, 0.25) is 0 Å². The van der Waals surface area contributed by atoms with Crippen molar-refractivity contribution in [2.24, 2.45) is 5.92 Å². The minimum Gasteiger partial charge on any atom is -0.477 e. The SMILES string of the molecule is CN(Cc1ccc(OC[C@@H]2CC[C@H]3CN(c4noc5ccccc45)CCN3C2)nc1)C(C)(C)C. The minimum absolute atomic E-state index is 0.141. The van der Waals surface area contributed by atoms with Gasteiger partial charge in [-0.25, -0.2) is 4.98 Å². The lowest BCUT2D eigenvalue weighted by atomic mass is 9.91. The number of anilines is 1. The van der Waals surface area contributed by atoms with Gasteiger partial charge in [0.1, 0.15) is 0 Å². The lowest BCUT2D eigenvalue weighted by molar-refractivity contribution is 0.0716. The average molecular weight is 464 g/mol. The Hall–Kier alpha value is -2.64. The molecule has 0 unspecified atom stereocenters. The molecule has 2 fully saturated rings. The number of aromatic nitrogens is 2. The summed E-state index contributed by atoms with van der Waals surface area (Å²) in [4.78, 5) is 11.9. The van der Waals surface area contributed by atoms with Gasteiger partial charge in [0, 0.05) is 62.5 Å². The van der Waals surface area contributed by atoms with Crippen LogP contribution in [-0.2, 0) is 6.54 Å². The Morgan fingerprint density at radius 3 is 2.74 bits per heavy atom. The van der Waals surface area contributed by atoms with Gasteiger partial charge in [-0.15, -0.1) is 0 Å². The van der Waals surface area contributed by atoms with Gasteiger partial charge in [-0.05, 0) is 58.4 Å². The van der Waals surface area contributed by atoms with Crippen molar-refractivity contribution >= 4 is 16.8 Å². The standard InChI is InChI=1S/C27H37N5O2/c1-27(2,3)30(4)16-20-10-12-25(28-15-20)33-19-21-9-11-22-18-32(14-13-31(22)17-21)26-23-7-5-6-8-24(23)34-29-26/h5-8,10,12,15,21-22H,9,11,13-14,16-19H2,1-4H3/t21-,22+/m1/s1. The van der Waals surface area contributed by atoms with E-state index in [1.165, 1.54) is 18.4 Å². The van der Waals surface area contributed by atoms with Crippen molar-refractivity contribution < 1.29 is 9.26 Å². The first-order valence-electron chi connectivity index (χ1n) is 12.5. The molecule has 0 amide bonds. The molecule has 4 heterocycles. The van der Waals surface area contributed by atoms with Crippen LogP contribution in [0, 0.1) is 5.92 Å².